The van der Waals surface area contributed by atoms with E-state index in [9.17, 15) is 4.79 Å². The first kappa shape index (κ1) is 15.3. The molecule has 0 aliphatic rings. The summed E-state index contributed by atoms with van der Waals surface area (Å²) < 4.78 is 0. The summed E-state index contributed by atoms with van der Waals surface area (Å²) in [6, 6.07) is 11.2. The number of benzene rings is 1. The van der Waals surface area contributed by atoms with Crippen LogP contribution < -0.4 is 10.2 Å². The number of nitrogens with one attached hydrogen (secondary N) is 1. The highest BCUT2D eigenvalue weighted by Crippen LogP contribution is 2.21. The minimum Gasteiger partial charge on any atom is -0.373 e. The summed E-state index contributed by atoms with van der Waals surface area (Å²) in [7, 11) is 1.74. The van der Waals surface area contributed by atoms with Crippen LogP contribution in [0.1, 0.15) is 22.8 Å². The highest BCUT2D eigenvalue weighted by molar-refractivity contribution is 6.30. The van der Waals surface area contributed by atoms with Gasteiger partial charge in [-0.15, -0.1) is 0 Å². The molecule has 0 unspecified atom stereocenters. The molecular formula is C16H18ClN3O. The molecule has 21 heavy (non-hydrogen) atoms. The lowest BCUT2D eigenvalue weighted by Gasteiger charge is -2.21. The summed E-state index contributed by atoms with van der Waals surface area (Å²) in [6.07, 6.45) is 0. The maximum atomic E-state index is 12.7. The van der Waals surface area contributed by atoms with Gasteiger partial charge in [-0.2, -0.15) is 0 Å². The predicted molar refractivity (Wildman–Crippen MR) is 87.3 cm³/mol. The van der Waals surface area contributed by atoms with Crippen molar-refractivity contribution >= 4 is 29.0 Å². The van der Waals surface area contributed by atoms with Gasteiger partial charge in [0.15, 0.2) is 0 Å². The van der Waals surface area contributed by atoms with E-state index in [1.807, 2.05) is 38.1 Å². The predicted octanol–water partition coefficient (Wildman–Crippen LogP) is 3.75. The largest absolute Gasteiger partial charge is 0.373 e. The molecule has 0 aliphatic carbocycles. The van der Waals surface area contributed by atoms with Gasteiger partial charge in [0, 0.05) is 24.8 Å². The summed E-state index contributed by atoms with van der Waals surface area (Å²) in [6.45, 7) is 4.54. The number of anilines is 2. The van der Waals surface area contributed by atoms with Gasteiger partial charge in [0.25, 0.3) is 5.91 Å². The Morgan fingerprint density at radius 3 is 2.52 bits per heavy atom. The quantitative estimate of drug-likeness (QED) is 0.875. The van der Waals surface area contributed by atoms with Crippen LogP contribution in [0, 0.1) is 6.92 Å². The average molecular weight is 304 g/mol. The molecule has 1 aromatic heterocycles. The second kappa shape index (κ2) is 6.59. The third-order valence-electron chi connectivity index (χ3n) is 3.20. The van der Waals surface area contributed by atoms with Crippen LogP contribution in [0.2, 0.25) is 5.15 Å². The van der Waals surface area contributed by atoms with E-state index in [2.05, 4.69) is 10.3 Å². The molecule has 1 N–H and O–H groups in total. The van der Waals surface area contributed by atoms with E-state index >= 15 is 0 Å². The molecule has 0 saturated heterocycles. The number of hydrogen-bond donors (Lipinski definition) is 1. The molecule has 5 heteroatoms. The fraction of sp³-hybridized carbons (Fsp3) is 0.250. The number of rotatable bonds is 4. The lowest BCUT2D eigenvalue weighted by Crippen LogP contribution is -2.30. The van der Waals surface area contributed by atoms with Crippen molar-refractivity contribution in [1.82, 2.24) is 4.98 Å². The molecule has 1 amide bonds. The molecule has 1 aromatic carbocycles. The Bertz CT molecular complexity index is 640. The summed E-state index contributed by atoms with van der Waals surface area (Å²) in [5, 5.41) is 3.20. The summed E-state index contributed by atoms with van der Waals surface area (Å²) in [5.74, 6) is 0.480. The second-order valence-electron chi connectivity index (χ2n) is 4.70. The van der Waals surface area contributed by atoms with Crippen LogP contribution in [0.5, 0.6) is 0 Å². The summed E-state index contributed by atoms with van der Waals surface area (Å²) in [4.78, 5) is 18.5. The number of carbonyl (C=O) groups is 1. The van der Waals surface area contributed by atoms with Crippen molar-refractivity contribution in [3.05, 3.63) is 52.7 Å². The third kappa shape index (κ3) is 3.52. The molecule has 4 nitrogen and oxygen atoms in total. The topological polar surface area (TPSA) is 45.2 Å². The Hall–Kier alpha value is -2.07. The zero-order chi connectivity index (χ0) is 15.4. The molecule has 0 bridgehead atoms. The molecule has 0 saturated carbocycles. The van der Waals surface area contributed by atoms with E-state index < -0.39 is 0 Å². The number of nitrogens with zero attached hydrogens (tertiary/aromatic N) is 2. The van der Waals surface area contributed by atoms with E-state index in [4.69, 9.17) is 11.6 Å². The molecule has 0 atom stereocenters. The zero-order valence-corrected chi connectivity index (χ0v) is 13.1. The van der Waals surface area contributed by atoms with Crippen LogP contribution in [-0.2, 0) is 0 Å². The zero-order valence-electron chi connectivity index (χ0n) is 12.4. The maximum Gasteiger partial charge on any atom is 0.258 e. The van der Waals surface area contributed by atoms with E-state index in [0.717, 1.165) is 11.3 Å². The van der Waals surface area contributed by atoms with Crippen molar-refractivity contribution in [3.63, 3.8) is 0 Å². The van der Waals surface area contributed by atoms with Crippen LogP contribution in [0.15, 0.2) is 36.4 Å². The van der Waals surface area contributed by atoms with Gasteiger partial charge in [-0.3, -0.25) is 4.79 Å². The number of halogens is 1. The van der Waals surface area contributed by atoms with Crippen LogP contribution in [0.4, 0.5) is 11.5 Å². The number of amides is 1. The SMILES string of the molecule is CCN(C(=O)c1cc(Cl)nc(NC)c1)c1ccc(C)cc1. The lowest BCUT2D eigenvalue weighted by molar-refractivity contribution is 0.0988. The van der Waals surface area contributed by atoms with Crippen LogP contribution in [0.25, 0.3) is 0 Å². The Balaban J connectivity index is 2.36. The Morgan fingerprint density at radius 1 is 1.29 bits per heavy atom. The van der Waals surface area contributed by atoms with Gasteiger partial charge in [-0.05, 0) is 38.1 Å². The van der Waals surface area contributed by atoms with Crippen molar-refractivity contribution in [2.24, 2.45) is 0 Å². The van der Waals surface area contributed by atoms with Crippen LogP contribution in [0.3, 0.4) is 0 Å². The van der Waals surface area contributed by atoms with Gasteiger partial charge in [-0.25, -0.2) is 4.98 Å². The number of pyridine rings is 1. The van der Waals surface area contributed by atoms with Crippen LogP contribution >= 0.6 is 11.6 Å². The first-order chi connectivity index (χ1) is 10.0. The molecule has 1 heterocycles. The molecule has 2 aromatic rings. The number of carbonyl (C=O) groups excluding carboxylic acids is 1. The molecule has 2 rings (SSSR count). The Kier molecular flexibility index (Phi) is 4.81. The van der Waals surface area contributed by atoms with E-state index in [1.165, 1.54) is 0 Å². The maximum absolute atomic E-state index is 12.7. The first-order valence-electron chi connectivity index (χ1n) is 6.79. The minimum atomic E-state index is -0.0952. The molecule has 0 radical (unpaired) electrons. The van der Waals surface area contributed by atoms with Gasteiger partial charge < -0.3 is 10.2 Å². The fourth-order valence-electron chi connectivity index (χ4n) is 2.07. The summed E-state index contributed by atoms with van der Waals surface area (Å²) >= 11 is 5.97. The monoisotopic (exact) mass is 303 g/mol. The van der Waals surface area contributed by atoms with Gasteiger partial charge in [0.2, 0.25) is 0 Å². The molecule has 0 fully saturated rings. The number of aryl methyl sites for hydroxylation is 1. The van der Waals surface area contributed by atoms with Gasteiger partial charge in [0.05, 0.1) is 0 Å². The van der Waals surface area contributed by atoms with E-state index in [1.54, 1.807) is 24.1 Å². The van der Waals surface area contributed by atoms with Crippen molar-refractivity contribution in [1.29, 1.82) is 0 Å². The highest BCUT2D eigenvalue weighted by Gasteiger charge is 2.17. The molecule has 0 aliphatic heterocycles. The number of aromatic nitrogens is 1. The van der Waals surface area contributed by atoms with E-state index in [0.29, 0.717) is 23.1 Å². The number of hydrogen-bond acceptors (Lipinski definition) is 3. The van der Waals surface area contributed by atoms with Gasteiger partial charge in [0.1, 0.15) is 11.0 Å². The van der Waals surface area contributed by atoms with Crippen molar-refractivity contribution in [2.45, 2.75) is 13.8 Å². The molecule has 110 valence electrons. The highest BCUT2D eigenvalue weighted by atomic mass is 35.5. The van der Waals surface area contributed by atoms with Crippen molar-refractivity contribution in [3.8, 4) is 0 Å². The lowest BCUT2D eigenvalue weighted by atomic mass is 10.1. The molecular weight excluding hydrogens is 286 g/mol. The third-order valence-corrected chi connectivity index (χ3v) is 3.40. The smallest absolute Gasteiger partial charge is 0.258 e. The summed E-state index contributed by atoms with van der Waals surface area (Å²) in [5.41, 5.74) is 2.54. The van der Waals surface area contributed by atoms with Crippen molar-refractivity contribution < 1.29 is 4.79 Å². The fourth-order valence-corrected chi connectivity index (χ4v) is 2.28. The Morgan fingerprint density at radius 2 is 1.95 bits per heavy atom. The normalized spacial score (nSPS) is 10.3. The Labute approximate surface area is 129 Å². The van der Waals surface area contributed by atoms with Gasteiger partial charge >= 0.3 is 0 Å². The van der Waals surface area contributed by atoms with Crippen molar-refractivity contribution in [2.75, 3.05) is 23.8 Å². The van der Waals surface area contributed by atoms with E-state index in [-0.39, 0.29) is 5.91 Å². The molecule has 0 spiro atoms. The van der Waals surface area contributed by atoms with Crippen LogP contribution in [-0.4, -0.2) is 24.5 Å². The standard InChI is InChI=1S/C16H18ClN3O/c1-4-20(13-7-5-11(2)6-8-13)16(21)12-9-14(17)19-15(10-12)18-3/h5-10H,4H2,1-3H3,(H,18,19). The average Bonchev–Trinajstić information content (AvgIpc) is 2.49. The minimum absolute atomic E-state index is 0.0952. The second-order valence-corrected chi connectivity index (χ2v) is 5.09. The van der Waals surface area contributed by atoms with Gasteiger partial charge in [-0.1, -0.05) is 29.3 Å². The first-order valence-corrected chi connectivity index (χ1v) is 7.16.